The third-order valence-corrected chi connectivity index (χ3v) is 4.84. The predicted octanol–water partition coefficient (Wildman–Crippen LogP) is 3.02. The Morgan fingerprint density at radius 2 is 1.96 bits per heavy atom. The third kappa shape index (κ3) is 4.05. The number of amides is 1. The number of carbonyl (C=O) groups excluding carboxylic acids is 1. The molecule has 1 saturated carbocycles. The summed E-state index contributed by atoms with van der Waals surface area (Å²) in [6, 6.07) is 5.98. The van der Waals surface area contributed by atoms with Crippen LogP contribution in [0, 0.1) is 5.92 Å². The number of para-hydroxylation sites is 1. The van der Waals surface area contributed by atoms with Gasteiger partial charge in [-0.15, -0.1) is 0 Å². The largest absolute Gasteiger partial charge is 0.393 e. The minimum absolute atomic E-state index is 0.0441. The number of benzene rings is 1. The number of hydrogen-bond acceptors (Lipinski definition) is 3. The van der Waals surface area contributed by atoms with E-state index in [0.717, 1.165) is 0 Å². The van der Waals surface area contributed by atoms with Gasteiger partial charge in [0.15, 0.2) is 0 Å². The number of nitrogens with one attached hydrogen (secondary N) is 1. The van der Waals surface area contributed by atoms with Gasteiger partial charge in [-0.3, -0.25) is 14.2 Å². The molecule has 1 amide bonds. The Bertz CT molecular complexity index is 847. The van der Waals surface area contributed by atoms with Crippen molar-refractivity contribution in [2.45, 2.75) is 50.9 Å². The van der Waals surface area contributed by atoms with Crippen LogP contribution in [0.2, 0.25) is 0 Å². The van der Waals surface area contributed by atoms with Gasteiger partial charge in [0.1, 0.15) is 0 Å². The standard InChI is InChI=1S/C18H20F3N3O2/c19-18(20,21)13-6-2-4-8-15(13)23-16(25)9-10-24-11-22-14-7-3-1-5-12(14)17(24)26/h1,3,5,7,11,13,15H,2,4,6,8-10H2,(H,23,25). The van der Waals surface area contributed by atoms with E-state index < -0.39 is 24.0 Å². The molecule has 2 atom stereocenters. The molecule has 0 saturated heterocycles. The van der Waals surface area contributed by atoms with Crippen LogP contribution in [0.25, 0.3) is 10.9 Å². The first-order valence-corrected chi connectivity index (χ1v) is 8.66. The number of carbonyl (C=O) groups is 1. The first-order chi connectivity index (χ1) is 12.4. The number of halogens is 3. The molecule has 0 radical (unpaired) electrons. The SMILES string of the molecule is O=C(CCn1cnc2ccccc2c1=O)NC1CCCCC1C(F)(F)F. The molecule has 1 aliphatic rings. The van der Waals surface area contributed by atoms with Crippen molar-refractivity contribution < 1.29 is 18.0 Å². The van der Waals surface area contributed by atoms with Gasteiger partial charge >= 0.3 is 6.18 Å². The molecule has 26 heavy (non-hydrogen) atoms. The van der Waals surface area contributed by atoms with Crippen molar-refractivity contribution in [3.05, 3.63) is 40.9 Å². The maximum Gasteiger partial charge on any atom is 0.393 e. The van der Waals surface area contributed by atoms with Crippen molar-refractivity contribution in [1.29, 1.82) is 0 Å². The van der Waals surface area contributed by atoms with Crippen LogP contribution in [-0.2, 0) is 11.3 Å². The summed E-state index contributed by atoms with van der Waals surface area (Å²) in [5.41, 5.74) is 0.294. The van der Waals surface area contributed by atoms with Gasteiger partial charge in [0.05, 0.1) is 23.1 Å². The molecular formula is C18H20F3N3O2. The molecule has 1 aromatic carbocycles. The van der Waals surface area contributed by atoms with Crippen molar-refractivity contribution in [2.24, 2.45) is 5.92 Å². The van der Waals surface area contributed by atoms with E-state index in [1.165, 1.54) is 10.9 Å². The fourth-order valence-electron chi connectivity index (χ4n) is 3.46. The molecule has 3 rings (SSSR count). The highest BCUT2D eigenvalue weighted by Gasteiger charge is 2.45. The Kier molecular flexibility index (Phi) is 5.29. The van der Waals surface area contributed by atoms with Crippen LogP contribution in [0.5, 0.6) is 0 Å². The smallest absolute Gasteiger partial charge is 0.353 e. The van der Waals surface area contributed by atoms with Crippen LogP contribution in [0.3, 0.4) is 0 Å². The lowest BCUT2D eigenvalue weighted by atomic mass is 9.84. The second kappa shape index (κ2) is 7.47. The molecule has 8 heteroatoms. The average molecular weight is 367 g/mol. The highest BCUT2D eigenvalue weighted by atomic mass is 19.4. The Labute approximate surface area is 148 Å². The fourth-order valence-corrected chi connectivity index (χ4v) is 3.46. The molecule has 0 aliphatic heterocycles. The van der Waals surface area contributed by atoms with E-state index in [0.29, 0.717) is 30.2 Å². The van der Waals surface area contributed by atoms with Gasteiger partial charge in [0.2, 0.25) is 5.91 Å². The van der Waals surface area contributed by atoms with Crippen molar-refractivity contribution >= 4 is 16.8 Å². The van der Waals surface area contributed by atoms with Crippen LogP contribution in [-0.4, -0.2) is 27.7 Å². The predicted molar refractivity (Wildman–Crippen MR) is 90.6 cm³/mol. The second-order valence-corrected chi connectivity index (χ2v) is 6.62. The molecule has 1 fully saturated rings. The molecule has 0 spiro atoms. The first kappa shape index (κ1) is 18.4. The summed E-state index contributed by atoms with van der Waals surface area (Å²) in [6.07, 6.45) is -1.45. The lowest BCUT2D eigenvalue weighted by molar-refractivity contribution is -0.189. The monoisotopic (exact) mass is 367 g/mol. The van der Waals surface area contributed by atoms with Crippen LogP contribution in [0.15, 0.2) is 35.4 Å². The van der Waals surface area contributed by atoms with Crippen molar-refractivity contribution in [2.75, 3.05) is 0 Å². The van der Waals surface area contributed by atoms with Crippen molar-refractivity contribution in [3.8, 4) is 0 Å². The topological polar surface area (TPSA) is 64.0 Å². The fraction of sp³-hybridized carbons (Fsp3) is 0.500. The number of fused-ring (bicyclic) bond motifs is 1. The van der Waals surface area contributed by atoms with E-state index in [1.54, 1.807) is 24.3 Å². The summed E-state index contributed by atoms with van der Waals surface area (Å²) in [6.45, 7) is 0.0753. The molecule has 1 aromatic heterocycles. The summed E-state index contributed by atoms with van der Waals surface area (Å²) in [7, 11) is 0. The molecular weight excluding hydrogens is 347 g/mol. The summed E-state index contributed by atoms with van der Waals surface area (Å²) in [5, 5.41) is 2.95. The van der Waals surface area contributed by atoms with E-state index in [4.69, 9.17) is 0 Å². The van der Waals surface area contributed by atoms with Crippen LogP contribution < -0.4 is 10.9 Å². The Morgan fingerprint density at radius 1 is 1.23 bits per heavy atom. The number of rotatable bonds is 4. The minimum Gasteiger partial charge on any atom is -0.353 e. The highest BCUT2D eigenvalue weighted by Crippen LogP contribution is 2.37. The van der Waals surface area contributed by atoms with E-state index in [-0.39, 0.29) is 24.9 Å². The van der Waals surface area contributed by atoms with Gasteiger partial charge in [-0.25, -0.2) is 4.98 Å². The summed E-state index contributed by atoms with van der Waals surface area (Å²) < 4.78 is 40.6. The second-order valence-electron chi connectivity index (χ2n) is 6.62. The molecule has 1 heterocycles. The van der Waals surface area contributed by atoms with Crippen molar-refractivity contribution in [1.82, 2.24) is 14.9 Å². The van der Waals surface area contributed by atoms with E-state index in [2.05, 4.69) is 10.3 Å². The van der Waals surface area contributed by atoms with Gasteiger partial charge in [-0.1, -0.05) is 25.0 Å². The average Bonchev–Trinajstić information content (AvgIpc) is 2.61. The third-order valence-electron chi connectivity index (χ3n) is 4.84. The molecule has 0 bridgehead atoms. The first-order valence-electron chi connectivity index (χ1n) is 8.66. The lowest BCUT2D eigenvalue weighted by Crippen LogP contribution is -2.47. The Morgan fingerprint density at radius 3 is 2.73 bits per heavy atom. The molecule has 5 nitrogen and oxygen atoms in total. The van der Waals surface area contributed by atoms with E-state index in [1.807, 2.05) is 0 Å². The number of hydrogen-bond donors (Lipinski definition) is 1. The van der Waals surface area contributed by atoms with Crippen LogP contribution in [0.4, 0.5) is 13.2 Å². The lowest BCUT2D eigenvalue weighted by Gasteiger charge is -2.33. The van der Waals surface area contributed by atoms with E-state index >= 15 is 0 Å². The summed E-state index contributed by atoms with van der Waals surface area (Å²) in [5.74, 6) is -1.98. The van der Waals surface area contributed by atoms with Gasteiger partial charge in [-0.05, 0) is 25.0 Å². The molecule has 1 N–H and O–H groups in total. The molecule has 2 unspecified atom stereocenters. The highest BCUT2D eigenvalue weighted by molar-refractivity contribution is 5.77. The Balaban J connectivity index is 1.64. The number of nitrogens with zero attached hydrogens (tertiary/aromatic N) is 2. The van der Waals surface area contributed by atoms with Gasteiger partial charge in [-0.2, -0.15) is 13.2 Å². The van der Waals surface area contributed by atoms with E-state index in [9.17, 15) is 22.8 Å². The summed E-state index contributed by atoms with van der Waals surface area (Å²) >= 11 is 0. The zero-order valence-corrected chi connectivity index (χ0v) is 14.1. The zero-order chi connectivity index (χ0) is 18.7. The van der Waals surface area contributed by atoms with Crippen LogP contribution >= 0.6 is 0 Å². The van der Waals surface area contributed by atoms with Gasteiger partial charge < -0.3 is 5.32 Å². The van der Waals surface area contributed by atoms with Crippen LogP contribution in [0.1, 0.15) is 32.1 Å². The molecule has 1 aliphatic carbocycles. The number of alkyl halides is 3. The van der Waals surface area contributed by atoms with Gasteiger partial charge in [0.25, 0.3) is 5.56 Å². The normalized spacial score (nSPS) is 20.9. The summed E-state index contributed by atoms with van der Waals surface area (Å²) in [4.78, 5) is 28.6. The quantitative estimate of drug-likeness (QED) is 0.904. The maximum atomic E-state index is 13.1. The maximum absolute atomic E-state index is 13.1. The van der Waals surface area contributed by atoms with Gasteiger partial charge in [0, 0.05) is 19.0 Å². The molecule has 140 valence electrons. The Hall–Kier alpha value is -2.38. The zero-order valence-electron chi connectivity index (χ0n) is 14.1. The minimum atomic E-state index is -4.31. The number of aryl methyl sites for hydroxylation is 1. The number of aromatic nitrogens is 2. The van der Waals surface area contributed by atoms with Crippen molar-refractivity contribution in [3.63, 3.8) is 0 Å². The molecule has 2 aromatic rings.